The molecular formula is C17H22N2O3S. The average Bonchev–Trinajstić information content (AvgIpc) is 2.86. The molecule has 0 saturated heterocycles. The summed E-state index contributed by atoms with van der Waals surface area (Å²) in [5, 5.41) is 6.82. The lowest BCUT2D eigenvalue weighted by molar-refractivity contribution is -0.113. The second kappa shape index (κ2) is 8.62. The monoisotopic (exact) mass is 334 g/mol. The molecule has 0 unspecified atom stereocenters. The minimum absolute atomic E-state index is 0.0469. The molecular weight excluding hydrogens is 312 g/mol. The third-order valence-electron chi connectivity index (χ3n) is 3.28. The number of thioether (sulfide) groups is 1. The molecule has 1 aromatic heterocycles. The Bertz CT molecular complexity index is 636. The number of para-hydroxylation sites is 2. The maximum Gasteiger partial charge on any atom is 0.234 e. The molecule has 1 N–H and O–H groups in total. The molecule has 1 aromatic carbocycles. The molecule has 0 aliphatic carbocycles. The van der Waals surface area contributed by atoms with Gasteiger partial charge in [-0.1, -0.05) is 24.2 Å². The number of ether oxygens (including phenoxy) is 1. The van der Waals surface area contributed by atoms with Crippen LogP contribution < -0.4 is 10.1 Å². The van der Waals surface area contributed by atoms with E-state index in [1.807, 2.05) is 45.0 Å². The fourth-order valence-corrected chi connectivity index (χ4v) is 3.02. The Hall–Kier alpha value is -1.95. The number of anilines is 1. The molecule has 0 atom stereocenters. The van der Waals surface area contributed by atoms with Gasteiger partial charge >= 0.3 is 0 Å². The van der Waals surface area contributed by atoms with Crippen molar-refractivity contribution in [3.05, 3.63) is 41.3 Å². The van der Waals surface area contributed by atoms with Crippen LogP contribution in [0.3, 0.4) is 0 Å². The fourth-order valence-electron chi connectivity index (χ4n) is 2.05. The average molecular weight is 334 g/mol. The molecule has 5 nitrogen and oxygen atoms in total. The SMILES string of the molecule is CCCOc1ccccc1NC(=O)CSCc1c(C)noc1C. The van der Waals surface area contributed by atoms with E-state index >= 15 is 0 Å². The number of rotatable bonds is 8. The maximum atomic E-state index is 12.1. The molecule has 2 rings (SSSR count). The lowest BCUT2D eigenvalue weighted by atomic mass is 10.2. The van der Waals surface area contributed by atoms with Gasteiger partial charge in [0.05, 0.1) is 23.7 Å². The van der Waals surface area contributed by atoms with Crippen LogP contribution in [0.2, 0.25) is 0 Å². The van der Waals surface area contributed by atoms with Gasteiger partial charge < -0.3 is 14.6 Å². The lowest BCUT2D eigenvalue weighted by Gasteiger charge is -2.11. The summed E-state index contributed by atoms with van der Waals surface area (Å²) in [4.78, 5) is 12.1. The Morgan fingerprint density at radius 1 is 1.35 bits per heavy atom. The first-order valence-corrected chi connectivity index (χ1v) is 8.78. The molecule has 6 heteroatoms. The quantitative estimate of drug-likeness (QED) is 0.792. The highest BCUT2D eigenvalue weighted by atomic mass is 32.2. The molecule has 1 amide bonds. The van der Waals surface area contributed by atoms with E-state index in [-0.39, 0.29) is 5.91 Å². The normalized spacial score (nSPS) is 10.6. The second-order valence-corrected chi connectivity index (χ2v) is 6.17. The third-order valence-corrected chi connectivity index (χ3v) is 4.24. The molecule has 0 aliphatic rings. The van der Waals surface area contributed by atoms with Crippen molar-refractivity contribution < 1.29 is 14.1 Å². The fraction of sp³-hybridized carbons (Fsp3) is 0.412. The number of nitrogens with one attached hydrogen (secondary N) is 1. The van der Waals surface area contributed by atoms with Crippen molar-refractivity contribution in [2.45, 2.75) is 32.9 Å². The summed E-state index contributed by atoms with van der Waals surface area (Å²) in [7, 11) is 0. The Kier molecular flexibility index (Phi) is 6.52. The van der Waals surface area contributed by atoms with Crippen molar-refractivity contribution >= 4 is 23.4 Å². The van der Waals surface area contributed by atoms with Crippen LogP contribution in [0, 0.1) is 13.8 Å². The second-order valence-electron chi connectivity index (χ2n) is 5.19. The molecule has 0 spiro atoms. The van der Waals surface area contributed by atoms with Crippen molar-refractivity contribution in [2.75, 3.05) is 17.7 Å². The minimum Gasteiger partial charge on any atom is -0.491 e. The van der Waals surface area contributed by atoms with E-state index < -0.39 is 0 Å². The summed E-state index contributed by atoms with van der Waals surface area (Å²) in [5.74, 6) is 2.55. The number of hydrogen-bond acceptors (Lipinski definition) is 5. The molecule has 1 heterocycles. The van der Waals surface area contributed by atoms with Gasteiger partial charge in [-0.3, -0.25) is 4.79 Å². The van der Waals surface area contributed by atoms with Crippen molar-refractivity contribution in [3.8, 4) is 5.75 Å². The van der Waals surface area contributed by atoms with E-state index in [9.17, 15) is 4.79 Å². The highest BCUT2D eigenvalue weighted by Crippen LogP contribution is 2.25. The van der Waals surface area contributed by atoms with Gasteiger partial charge in [-0.2, -0.15) is 0 Å². The standard InChI is InChI=1S/C17H22N2O3S/c1-4-9-21-16-8-6-5-7-15(16)18-17(20)11-23-10-14-12(2)19-22-13(14)3/h5-8H,4,9-11H2,1-3H3,(H,18,20). The number of nitrogens with zero attached hydrogens (tertiary/aromatic N) is 1. The van der Waals surface area contributed by atoms with Crippen molar-refractivity contribution in [1.82, 2.24) is 5.16 Å². The molecule has 23 heavy (non-hydrogen) atoms. The number of carbonyl (C=O) groups is 1. The van der Waals surface area contributed by atoms with Gasteiger partial charge in [-0.05, 0) is 32.4 Å². The summed E-state index contributed by atoms with van der Waals surface area (Å²) >= 11 is 1.54. The minimum atomic E-state index is -0.0469. The molecule has 0 radical (unpaired) electrons. The Balaban J connectivity index is 1.85. The number of benzene rings is 1. The summed E-state index contributed by atoms with van der Waals surface area (Å²) in [6, 6.07) is 7.49. The smallest absolute Gasteiger partial charge is 0.234 e. The van der Waals surface area contributed by atoms with Gasteiger partial charge in [0.15, 0.2) is 0 Å². The Labute approximate surface area is 140 Å². The van der Waals surface area contributed by atoms with E-state index in [1.54, 1.807) is 0 Å². The van der Waals surface area contributed by atoms with Gasteiger partial charge in [0.2, 0.25) is 5.91 Å². The van der Waals surface area contributed by atoms with Gasteiger partial charge in [0.25, 0.3) is 0 Å². The number of amides is 1. The number of carbonyl (C=O) groups excluding carboxylic acids is 1. The van der Waals surface area contributed by atoms with Crippen LogP contribution in [-0.4, -0.2) is 23.4 Å². The lowest BCUT2D eigenvalue weighted by Crippen LogP contribution is -2.15. The molecule has 124 valence electrons. The van der Waals surface area contributed by atoms with Crippen LogP contribution in [0.5, 0.6) is 5.75 Å². The highest BCUT2D eigenvalue weighted by molar-refractivity contribution is 7.99. The van der Waals surface area contributed by atoms with E-state index in [1.165, 1.54) is 11.8 Å². The van der Waals surface area contributed by atoms with Crippen LogP contribution in [0.1, 0.15) is 30.4 Å². The first kappa shape index (κ1) is 17.4. The van der Waals surface area contributed by atoms with Gasteiger partial charge in [0, 0.05) is 11.3 Å². The van der Waals surface area contributed by atoms with Gasteiger partial charge in [0.1, 0.15) is 11.5 Å². The molecule has 0 aliphatic heterocycles. The zero-order valence-electron chi connectivity index (χ0n) is 13.7. The third kappa shape index (κ3) is 5.03. The molecule has 0 saturated carbocycles. The Morgan fingerprint density at radius 3 is 2.83 bits per heavy atom. The van der Waals surface area contributed by atoms with Crippen LogP contribution in [-0.2, 0) is 10.5 Å². The van der Waals surface area contributed by atoms with Crippen molar-refractivity contribution in [2.24, 2.45) is 0 Å². The van der Waals surface area contributed by atoms with Crippen molar-refractivity contribution in [1.29, 1.82) is 0 Å². The topological polar surface area (TPSA) is 64.4 Å². The zero-order chi connectivity index (χ0) is 16.7. The van der Waals surface area contributed by atoms with Crippen LogP contribution in [0.25, 0.3) is 0 Å². The van der Waals surface area contributed by atoms with Crippen molar-refractivity contribution in [3.63, 3.8) is 0 Å². The summed E-state index contributed by atoms with van der Waals surface area (Å²) in [6.07, 6.45) is 0.926. The summed E-state index contributed by atoms with van der Waals surface area (Å²) < 4.78 is 10.8. The van der Waals surface area contributed by atoms with E-state index in [0.717, 1.165) is 23.4 Å². The predicted octanol–water partition coefficient (Wildman–Crippen LogP) is 3.95. The Morgan fingerprint density at radius 2 is 2.13 bits per heavy atom. The van der Waals surface area contributed by atoms with Crippen LogP contribution in [0.15, 0.2) is 28.8 Å². The maximum absolute atomic E-state index is 12.1. The number of aryl methyl sites for hydroxylation is 2. The van der Waals surface area contributed by atoms with E-state index in [0.29, 0.717) is 29.5 Å². The first-order valence-electron chi connectivity index (χ1n) is 7.63. The first-order chi connectivity index (χ1) is 11.1. The highest BCUT2D eigenvalue weighted by Gasteiger charge is 2.11. The predicted molar refractivity (Wildman–Crippen MR) is 93.0 cm³/mol. The number of aromatic nitrogens is 1. The van der Waals surface area contributed by atoms with Crippen LogP contribution in [0.4, 0.5) is 5.69 Å². The van der Waals surface area contributed by atoms with Crippen LogP contribution >= 0.6 is 11.8 Å². The summed E-state index contributed by atoms with van der Waals surface area (Å²) in [5.41, 5.74) is 2.66. The molecule has 2 aromatic rings. The summed E-state index contributed by atoms with van der Waals surface area (Å²) in [6.45, 7) is 6.48. The van der Waals surface area contributed by atoms with Gasteiger partial charge in [-0.15, -0.1) is 11.8 Å². The largest absolute Gasteiger partial charge is 0.491 e. The van der Waals surface area contributed by atoms with Gasteiger partial charge in [-0.25, -0.2) is 0 Å². The van der Waals surface area contributed by atoms with E-state index in [4.69, 9.17) is 9.26 Å². The number of hydrogen-bond donors (Lipinski definition) is 1. The zero-order valence-corrected chi connectivity index (χ0v) is 14.5. The molecule has 0 bridgehead atoms. The molecule has 0 fully saturated rings. The van der Waals surface area contributed by atoms with E-state index in [2.05, 4.69) is 10.5 Å².